The van der Waals surface area contributed by atoms with Crippen LogP contribution in [0.2, 0.25) is 0 Å². The number of para-hydroxylation sites is 1. The third-order valence-electron chi connectivity index (χ3n) is 10.5. The second-order valence-corrected chi connectivity index (χ2v) is 13.8. The summed E-state index contributed by atoms with van der Waals surface area (Å²) in [4.78, 5) is 45.3. The van der Waals surface area contributed by atoms with Gasteiger partial charge in [0.05, 0.1) is 30.1 Å². The lowest BCUT2D eigenvalue weighted by Gasteiger charge is -2.49. The highest BCUT2D eigenvalue weighted by atomic mass is 16.5. The number of aromatic nitrogens is 4. The van der Waals surface area contributed by atoms with E-state index in [9.17, 15) is 14.4 Å². The standard InChI is InChI=1S/C38H42N8O4/c1-4-44-37-31(20-40-46(37)28-11-6-5-7-12-28)33(34(38(44)49)41-36(48)32-15-16-45(42-32)27-13-14-27)26-10-8-9-25(17-26)19-39-35(47)23(2)24(3)43-21-29-18-30(22-43)50-29/h5-12,15-17,20,24,27,29-30,33-34H,2,4,13-14,18-19,21-22H2,1,3H3,(H,39,47)(H,41,48)/t24?,29?,30?,33-,34+/m1/s1. The third-order valence-corrected chi connectivity index (χ3v) is 10.5. The van der Waals surface area contributed by atoms with Crippen molar-refractivity contribution in [3.63, 3.8) is 0 Å². The van der Waals surface area contributed by atoms with E-state index in [1.54, 1.807) is 21.8 Å². The molecule has 2 N–H and O–H groups in total. The minimum Gasteiger partial charge on any atom is -0.372 e. The molecule has 3 amide bonds. The van der Waals surface area contributed by atoms with Crippen LogP contribution in [0.5, 0.6) is 0 Å². The zero-order chi connectivity index (χ0) is 34.5. The Morgan fingerprint density at radius 3 is 2.54 bits per heavy atom. The summed E-state index contributed by atoms with van der Waals surface area (Å²) in [5.74, 6) is -0.719. The lowest BCUT2D eigenvalue weighted by molar-refractivity contribution is -0.185. The Bertz CT molecular complexity index is 1930. The average Bonchev–Trinajstić information content (AvgIpc) is 3.70. The molecular formula is C38H42N8O4. The maximum absolute atomic E-state index is 14.4. The van der Waals surface area contributed by atoms with Crippen LogP contribution in [0.15, 0.2) is 85.2 Å². The molecule has 1 saturated carbocycles. The predicted molar refractivity (Wildman–Crippen MR) is 187 cm³/mol. The fourth-order valence-electron chi connectivity index (χ4n) is 7.54. The quantitative estimate of drug-likeness (QED) is 0.232. The Hall–Kier alpha value is -5.07. The molecule has 2 bridgehead atoms. The molecule has 0 radical (unpaired) electrons. The highest BCUT2D eigenvalue weighted by molar-refractivity contribution is 6.04. The number of morpholine rings is 1. The van der Waals surface area contributed by atoms with E-state index >= 15 is 0 Å². The van der Waals surface area contributed by atoms with Gasteiger partial charge in [-0.25, -0.2) is 4.68 Å². The van der Waals surface area contributed by atoms with Crippen LogP contribution in [0.3, 0.4) is 0 Å². The van der Waals surface area contributed by atoms with Gasteiger partial charge in [0, 0.05) is 61.9 Å². The third kappa shape index (κ3) is 5.92. The largest absolute Gasteiger partial charge is 0.372 e. The number of piperidine rings is 1. The summed E-state index contributed by atoms with van der Waals surface area (Å²) in [6.07, 6.45) is 7.29. The molecule has 3 unspecified atom stereocenters. The second-order valence-electron chi connectivity index (χ2n) is 13.8. The molecule has 5 atom stereocenters. The van der Waals surface area contributed by atoms with Crippen LogP contribution in [0.25, 0.3) is 5.69 Å². The molecule has 12 heteroatoms. The highest BCUT2D eigenvalue weighted by Crippen LogP contribution is 2.42. The molecule has 1 aliphatic carbocycles. The van der Waals surface area contributed by atoms with E-state index in [1.165, 1.54) is 0 Å². The number of carbonyl (C=O) groups is 3. The molecule has 2 aromatic carbocycles. The van der Waals surface area contributed by atoms with Crippen LogP contribution in [0, 0.1) is 0 Å². The van der Waals surface area contributed by atoms with E-state index in [0.717, 1.165) is 54.7 Å². The van der Waals surface area contributed by atoms with Gasteiger partial charge in [-0.15, -0.1) is 0 Å². The number of hydrogen-bond acceptors (Lipinski definition) is 7. The molecule has 4 aliphatic heterocycles. The zero-order valence-electron chi connectivity index (χ0n) is 28.4. The van der Waals surface area contributed by atoms with Crippen LogP contribution in [0.4, 0.5) is 5.82 Å². The van der Waals surface area contributed by atoms with E-state index < -0.39 is 17.9 Å². The number of nitrogens with zero attached hydrogens (tertiary/aromatic N) is 6. The van der Waals surface area contributed by atoms with E-state index in [4.69, 9.17) is 9.84 Å². The van der Waals surface area contributed by atoms with Crippen LogP contribution < -0.4 is 15.5 Å². The average molecular weight is 675 g/mol. The van der Waals surface area contributed by atoms with E-state index in [-0.39, 0.29) is 42.3 Å². The van der Waals surface area contributed by atoms with E-state index in [2.05, 4.69) is 27.2 Å². The zero-order valence-corrected chi connectivity index (χ0v) is 28.4. The van der Waals surface area contributed by atoms with Crippen molar-refractivity contribution in [3.05, 3.63) is 108 Å². The van der Waals surface area contributed by atoms with Gasteiger partial charge in [0.25, 0.3) is 11.8 Å². The second kappa shape index (κ2) is 13.0. The molecule has 4 aromatic rings. The van der Waals surface area contributed by atoms with Crippen molar-refractivity contribution in [2.45, 2.75) is 75.9 Å². The molecule has 0 spiro atoms. The lowest BCUT2D eigenvalue weighted by atomic mass is 9.82. The van der Waals surface area contributed by atoms with E-state index in [1.807, 2.05) is 79.3 Å². The molecule has 2 aromatic heterocycles. The smallest absolute Gasteiger partial charge is 0.272 e. The lowest BCUT2D eigenvalue weighted by Crippen LogP contribution is -2.60. The van der Waals surface area contributed by atoms with Gasteiger partial charge in [-0.2, -0.15) is 10.2 Å². The van der Waals surface area contributed by atoms with Gasteiger partial charge in [-0.05, 0) is 56.0 Å². The summed E-state index contributed by atoms with van der Waals surface area (Å²) in [5, 5.41) is 15.4. The number of benzene rings is 2. The molecule has 6 heterocycles. The van der Waals surface area contributed by atoms with Gasteiger partial charge in [-0.3, -0.25) is 28.9 Å². The number of nitrogens with one attached hydrogen (secondary N) is 2. The van der Waals surface area contributed by atoms with Crippen LogP contribution in [0.1, 0.15) is 72.2 Å². The van der Waals surface area contributed by atoms with Crippen molar-refractivity contribution >= 4 is 23.5 Å². The number of amides is 3. The van der Waals surface area contributed by atoms with Crippen molar-refractivity contribution in [2.24, 2.45) is 0 Å². The minimum absolute atomic E-state index is 0.0927. The summed E-state index contributed by atoms with van der Waals surface area (Å²) >= 11 is 0. The first-order valence-corrected chi connectivity index (χ1v) is 17.5. The Morgan fingerprint density at radius 1 is 1.06 bits per heavy atom. The molecule has 4 fully saturated rings. The van der Waals surface area contributed by atoms with E-state index in [0.29, 0.717) is 24.0 Å². The number of ether oxygens (including phenoxy) is 1. The van der Waals surface area contributed by atoms with Crippen molar-refractivity contribution < 1.29 is 19.1 Å². The van der Waals surface area contributed by atoms with Gasteiger partial charge in [0.1, 0.15) is 17.6 Å². The van der Waals surface area contributed by atoms with Gasteiger partial charge < -0.3 is 15.4 Å². The maximum atomic E-state index is 14.4. The maximum Gasteiger partial charge on any atom is 0.272 e. The molecular weight excluding hydrogens is 632 g/mol. The SMILES string of the molecule is C=C(C(=O)NCc1cccc([C@@H]2c3cnn(-c4ccccc4)c3N(CC)C(=O)[C@H]2NC(=O)c2ccn(C3CC3)n2)c1)C(C)N1CC2CC(C1)O2. The number of rotatable bonds is 11. The summed E-state index contributed by atoms with van der Waals surface area (Å²) in [5.41, 5.74) is 4.12. The number of carbonyl (C=O) groups excluding carboxylic acids is 3. The molecule has 5 aliphatic rings. The summed E-state index contributed by atoms with van der Waals surface area (Å²) in [7, 11) is 0. The fraction of sp³-hybridized carbons (Fsp3) is 0.395. The van der Waals surface area contributed by atoms with Crippen LogP contribution in [-0.4, -0.2) is 86.1 Å². The predicted octanol–water partition coefficient (Wildman–Crippen LogP) is 3.73. The summed E-state index contributed by atoms with van der Waals surface area (Å²) in [6.45, 7) is 10.4. The molecule has 3 saturated heterocycles. The first-order valence-electron chi connectivity index (χ1n) is 17.5. The van der Waals surface area contributed by atoms with Crippen molar-refractivity contribution in [1.29, 1.82) is 0 Å². The highest BCUT2D eigenvalue weighted by Gasteiger charge is 2.45. The monoisotopic (exact) mass is 674 g/mol. The van der Waals surface area contributed by atoms with Crippen LogP contribution in [-0.2, 0) is 20.9 Å². The summed E-state index contributed by atoms with van der Waals surface area (Å²) < 4.78 is 9.37. The Kier molecular flexibility index (Phi) is 8.36. The van der Waals surface area contributed by atoms with Gasteiger partial charge in [0.2, 0.25) is 5.91 Å². The minimum atomic E-state index is -0.917. The van der Waals surface area contributed by atoms with Gasteiger partial charge >= 0.3 is 0 Å². The normalized spacial score (nSPS) is 23.5. The van der Waals surface area contributed by atoms with Crippen molar-refractivity contribution in [1.82, 2.24) is 35.1 Å². The number of likely N-dealkylation sites (N-methyl/N-ethyl adjacent to an activating group) is 1. The molecule has 12 nitrogen and oxygen atoms in total. The number of hydrogen-bond donors (Lipinski definition) is 2. The van der Waals surface area contributed by atoms with Gasteiger partial charge in [-0.1, -0.05) is 49.0 Å². The molecule has 50 heavy (non-hydrogen) atoms. The van der Waals surface area contributed by atoms with Crippen molar-refractivity contribution in [2.75, 3.05) is 24.5 Å². The Balaban J connectivity index is 1.08. The number of anilines is 1. The first-order chi connectivity index (χ1) is 24.3. The number of fused-ring (bicyclic) bond motifs is 3. The van der Waals surface area contributed by atoms with Gasteiger partial charge in [0.15, 0.2) is 0 Å². The Labute approximate surface area is 291 Å². The summed E-state index contributed by atoms with van der Waals surface area (Å²) in [6, 6.07) is 18.5. The molecule has 9 rings (SSSR count). The van der Waals surface area contributed by atoms with Crippen LogP contribution >= 0.6 is 0 Å². The molecule has 258 valence electrons. The first kappa shape index (κ1) is 32.2. The van der Waals surface area contributed by atoms with Crippen molar-refractivity contribution in [3.8, 4) is 5.69 Å². The fourth-order valence-corrected chi connectivity index (χ4v) is 7.54. The topological polar surface area (TPSA) is 127 Å². The Morgan fingerprint density at radius 2 is 1.82 bits per heavy atom.